The number of aryl methyl sites for hydroxylation is 1. The number of benzene rings is 1. The van der Waals surface area contributed by atoms with Gasteiger partial charge in [-0.2, -0.15) is 0 Å². The molecule has 1 amide bonds. The number of nitrogens with two attached hydrogens (primary N) is 1. The molecule has 1 aromatic carbocycles. The lowest BCUT2D eigenvalue weighted by atomic mass is 9.96. The molecule has 0 spiro atoms. The van der Waals surface area contributed by atoms with Crippen LogP contribution in [0.4, 0.5) is 5.69 Å². The van der Waals surface area contributed by atoms with E-state index in [1.54, 1.807) is 7.11 Å². The quantitative estimate of drug-likeness (QED) is 0.918. The van der Waals surface area contributed by atoms with Crippen LogP contribution in [0.5, 0.6) is 5.75 Å². The number of amides is 1. The third-order valence-corrected chi connectivity index (χ3v) is 4.21. The minimum atomic E-state index is -0.423. The van der Waals surface area contributed by atoms with Gasteiger partial charge in [-0.1, -0.05) is 20.3 Å². The number of hydrogen-bond acceptors (Lipinski definition) is 3. The molecule has 4 heteroatoms. The van der Waals surface area contributed by atoms with Gasteiger partial charge in [0, 0.05) is 12.2 Å². The van der Waals surface area contributed by atoms with Gasteiger partial charge < -0.3 is 15.4 Å². The summed E-state index contributed by atoms with van der Waals surface area (Å²) in [5, 5.41) is 0. The third kappa shape index (κ3) is 2.80. The zero-order valence-corrected chi connectivity index (χ0v) is 12.6. The van der Waals surface area contributed by atoms with E-state index < -0.39 is 6.04 Å². The number of hydrogen-bond donors (Lipinski definition) is 1. The first-order chi connectivity index (χ1) is 9.58. The van der Waals surface area contributed by atoms with Gasteiger partial charge in [-0.15, -0.1) is 0 Å². The van der Waals surface area contributed by atoms with E-state index in [-0.39, 0.29) is 11.8 Å². The van der Waals surface area contributed by atoms with E-state index in [0.29, 0.717) is 0 Å². The van der Waals surface area contributed by atoms with Crippen LogP contribution >= 0.6 is 0 Å². The van der Waals surface area contributed by atoms with Crippen LogP contribution in [0, 0.1) is 5.92 Å². The van der Waals surface area contributed by atoms with Crippen LogP contribution in [0.15, 0.2) is 18.2 Å². The number of fused-ring (bicyclic) bond motifs is 1. The van der Waals surface area contributed by atoms with Crippen LogP contribution in [-0.4, -0.2) is 25.6 Å². The summed E-state index contributed by atoms with van der Waals surface area (Å²) in [6.07, 6.45) is 2.87. The van der Waals surface area contributed by atoms with Crippen molar-refractivity contribution in [3.05, 3.63) is 23.8 Å². The molecule has 0 saturated carbocycles. The summed E-state index contributed by atoms with van der Waals surface area (Å²) in [5.74, 6) is 1.07. The van der Waals surface area contributed by atoms with Crippen molar-refractivity contribution >= 4 is 11.6 Å². The highest BCUT2D eigenvalue weighted by Crippen LogP contribution is 2.31. The number of anilines is 1. The predicted octanol–water partition coefficient (Wildman–Crippen LogP) is 2.35. The number of rotatable bonds is 4. The van der Waals surface area contributed by atoms with E-state index in [1.165, 1.54) is 5.56 Å². The second kappa shape index (κ2) is 6.27. The van der Waals surface area contributed by atoms with E-state index in [4.69, 9.17) is 10.5 Å². The summed E-state index contributed by atoms with van der Waals surface area (Å²) in [6, 6.07) is 5.46. The first kappa shape index (κ1) is 14.9. The summed E-state index contributed by atoms with van der Waals surface area (Å²) < 4.78 is 5.25. The average Bonchev–Trinajstić information content (AvgIpc) is 2.51. The molecule has 4 nitrogen and oxygen atoms in total. The second-order valence-electron chi connectivity index (χ2n) is 5.50. The van der Waals surface area contributed by atoms with E-state index >= 15 is 0 Å². The molecule has 1 aliphatic rings. The van der Waals surface area contributed by atoms with Crippen LogP contribution in [-0.2, 0) is 11.2 Å². The molecular weight excluding hydrogens is 252 g/mol. The lowest BCUT2D eigenvalue weighted by Crippen LogP contribution is -2.48. The van der Waals surface area contributed by atoms with Crippen molar-refractivity contribution in [1.82, 2.24) is 0 Å². The maximum Gasteiger partial charge on any atom is 0.244 e. The van der Waals surface area contributed by atoms with Crippen molar-refractivity contribution in [2.75, 3.05) is 18.6 Å². The zero-order chi connectivity index (χ0) is 14.7. The Morgan fingerprint density at radius 1 is 1.50 bits per heavy atom. The monoisotopic (exact) mass is 276 g/mol. The Morgan fingerprint density at radius 3 is 2.90 bits per heavy atom. The fourth-order valence-electron chi connectivity index (χ4n) is 2.61. The van der Waals surface area contributed by atoms with E-state index in [0.717, 1.165) is 37.2 Å². The largest absolute Gasteiger partial charge is 0.497 e. The lowest BCUT2D eigenvalue weighted by molar-refractivity contribution is -0.120. The van der Waals surface area contributed by atoms with Crippen LogP contribution in [0.2, 0.25) is 0 Å². The summed E-state index contributed by atoms with van der Waals surface area (Å²) in [7, 11) is 1.66. The maximum absolute atomic E-state index is 12.6. The highest BCUT2D eigenvalue weighted by molar-refractivity contribution is 5.98. The van der Waals surface area contributed by atoms with Crippen molar-refractivity contribution in [2.45, 2.75) is 39.2 Å². The van der Waals surface area contributed by atoms with Gasteiger partial charge in [0.05, 0.1) is 13.2 Å². The summed E-state index contributed by atoms with van der Waals surface area (Å²) in [6.45, 7) is 4.84. The van der Waals surface area contributed by atoms with Gasteiger partial charge in [-0.25, -0.2) is 0 Å². The van der Waals surface area contributed by atoms with Crippen LogP contribution < -0.4 is 15.4 Å². The molecule has 1 aliphatic heterocycles. The Bertz CT molecular complexity index is 487. The van der Waals surface area contributed by atoms with Gasteiger partial charge in [0.25, 0.3) is 0 Å². The van der Waals surface area contributed by atoms with Gasteiger partial charge >= 0.3 is 0 Å². The zero-order valence-electron chi connectivity index (χ0n) is 12.6. The molecule has 110 valence electrons. The molecule has 20 heavy (non-hydrogen) atoms. The molecule has 2 N–H and O–H groups in total. The Labute approximate surface area is 120 Å². The SMILES string of the molecule is CCC(C)[C@H](N)C(=O)N1CCCc2cc(OC)ccc21. The van der Waals surface area contributed by atoms with E-state index in [9.17, 15) is 4.79 Å². The summed E-state index contributed by atoms with van der Waals surface area (Å²) in [5.41, 5.74) is 8.25. The number of ether oxygens (including phenoxy) is 1. The molecular formula is C16H24N2O2. The Hall–Kier alpha value is -1.55. The molecule has 0 aliphatic carbocycles. The van der Waals surface area contributed by atoms with Gasteiger partial charge in [0.15, 0.2) is 0 Å². The fourth-order valence-corrected chi connectivity index (χ4v) is 2.61. The molecule has 0 aromatic heterocycles. The maximum atomic E-state index is 12.6. The average molecular weight is 276 g/mol. The van der Waals surface area contributed by atoms with Crippen molar-refractivity contribution < 1.29 is 9.53 Å². The van der Waals surface area contributed by atoms with Crippen LogP contribution in [0.1, 0.15) is 32.3 Å². The second-order valence-corrected chi connectivity index (χ2v) is 5.50. The minimum absolute atomic E-state index is 0.0328. The molecule has 0 radical (unpaired) electrons. The number of nitrogens with zero attached hydrogens (tertiary/aromatic N) is 1. The van der Waals surface area contributed by atoms with Gasteiger partial charge in [-0.3, -0.25) is 4.79 Å². The molecule has 2 rings (SSSR count). The number of carbonyl (C=O) groups excluding carboxylic acids is 1. The third-order valence-electron chi connectivity index (χ3n) is 4.21. The Kier molecular flexibility index (Phi) is 4.65. The molecule has 2 atom stereocenters. The Morgan fingerprint density at radius 2 is 2.25 bits per heavy atom. The molecule has 1 unspecified atom stereocenters. The highest BCUT2D eigenvalue weighted by atomic mass is 16.5. The predicted molar refractivity (Wildman–Crippen MR) is 81.1 cm³/mol. The first-order valence-electron chi connectivity index (χ1n) is 7.32. The van der Waals surface area contributed by atoms with Gasteiger partial charge in [-0.05, 0) is 42.5 Å². The first-order valence-corrected chi connectivity index (χ1v) is 7.32. The molecule has 0 bridgehead atoms. The standard InChI is InChI=1S/C16H24N2O2/c1-4-11(2)15(17)16(19)18-9-5-6-12-10-13(20-3)7-8-14(12)18/h7-8,10-11,15H,4-6,9,17H2,1-3H3/t11?,15-/m0/s1. The number of methoxy groups -OCH3 is 1. The van der Waals surface area contributed by atoms with Crippen molar-refractivity contribution in [3.8, 4) is 5.75 Å². The topological polar surface area (TPSA) is 55.6 Å². The van der Waals surface area contributed by atoms with Crippen molar-refractivity contribution in [3.63, 3.8) is 0 Å². The Balaban J connectivity index is 2.26. The molecule has 0 fully saturated rings. The fraction of sp³-hybridized carbons (Fsp3) is 0.562. The smallest absolute Gasteiger partial charge is 0.244 e. The van der Waals surface area contributed by atoms with E-state index in [2.05, 4.69) is 6.92 Å². The number of carbonyl (C=O) groups is 1. The summed E-state index contributed by atoms with van der Waals surface area (Å²) >= 11 is 0. The minimum Gasteiger partial charge on any atom is -0.497 e. The van der Waals surface area contributed by atoms with Gasteiger partial charge in [0.1, 0.15) is 5.75 Å². The summed E-state index contributed by atoms with van der Waals surface area (Å²) in [4.78, 5) is 14.4. The van der Waals surface area contributed by atoms with Crippen molar-refractivity contribution in [1.29, 1.82) is 0 Å². The lowest BCUT2D eigenvalue weighted by Gasteiger charge is -2.33. The molecule has 1 aromatic rings. The van der Waals surface area contributed by atoms with Crippen LogP contribution in [0.3, 0.4) is 0 Å². The molecule has 1 heterocycles. The van der Waals surface area contributed by atoms with E-state index in [1.807, 2.05) is 30.0 Å². The normalized spacial score (nSPS) is 17.3. The van der Waals surface area contributed by atoms with Crippen LogP contribution in [0.25, 0.3) is 0 Å². The molecule has 0 saturated heterocycles. The van der Waals surface area contributed by atoms with Crippen molar-refractivity contribution in [2.24, 2.45) is 11.7 Å². The highest BCUT2D eigenvalue weighted by Gasteiger charge is 2.29. The van der Waals surface area contributed by atoms with Gasteiger partial charge in [0.2, 0.25) is 5.91 Å².